The van der Waals surface area contributed by atoms with Gasteiger partial charge in [0.2, 0.25) is 0 Å². The van der Waals surface area contributed by atoms with Gasteiger partial charge in [-0.2, -0.15) is 0 Å². The number of rotatable bonds is 7. The lowest BCUT2D eigenvalue weighted by Crippen LogP contribution is -2.34. The minimum atomic E-state index is -0.387. The molecule has 7 nitrogen and oxygen atoms in total. The van der Waals surface area contributed by atoms with Gasteiger partial charge in [0.25, 0.3) is 5.69 Å². The number of anilines is 2. The predicted molar refractivity (Wildman–Crippen MR) is 83.8 cm³/mol. The number of hydrogen-bond acceptors (Lipinski definition) is 6. The third-order valence-corrected chi connectivity index (χ3v) is 3.80. The van der Waals surface area contributed by atoms with Crippen LogP contribution in [-0.2, 0) is 0 Å². The fourth-order valence-corrected chi connectivity index (χ4v) is 2.75. The van der Waals surface area contributed by atoms with E-state index in [2.05, 4.69) is 27.4 Å². The van der Waals surface area contributed by atoms with E-state index in [1.165, 1.54) is 18.6 Å². The molecule has 116 valence electrons. The summed E-state index contributed by atoms with van der Waals surface area (Å²) < 4.78 is 0. The Labute approximate surface area is 124 Å². The molecule has 1 aliphatic heterocycles. The molecule has 0 saturated carbocycles. The van der Waals surface area contributed by atoms with Gasteiger partial charge in [0.1, 0.15) is 11.6 Å². The average Bonchev–Trinajstić information content (AvgIpc) is 2.92. The van der Waals surface area contributed by atoms with Crippen molar-refractivity contribution >= 4 is 17.3 Å². The lowest BCUT2D eigenvalue weighted by atomic mass is 10.2. The highest BCUT2D eigenvalue weighted by atomic mass is 16.6. The van der Waals surface area contributed by atoms with Crippen molar-refractivity contribution < 1.29 is 4.92 Å². The van der Waals surface area contributed by atoms with Crippen molar-refractivity contribution in [3.8, 4) is 0 Å². The van der Waals surface area contributed by atoms with Crippen molar-refractivity contribution in [2.45, 2.75) is 32.7 Å². The zero-order chi connectivity index (χ0) is 15.2. The summed E-state index contributed by atoms with van der Waals surface area (Å²) in [7, 11) is 0. The number of nitrogens with one attached hydrogen (secondary N) is 2. The lowest BCUT2D eigenvalue weighted by molar-refractivity contribution is -0.384. The molecule has 2 heterocycles. The maximum Gasteiger partial charge on any atom is 0.276 e. The van der Waals surface area contributed by atoms with Crippen molar-refractivity contribution in [1.29, 1.82) is 0 Å². The van der Waals surface area contributed by atoms with Gasteiger partial charge in [0, 0.05) is 19.1 Å². The standard InChI is InChI=1S/C14H23N5O2/c1-3-15-13-8-12(19(20)21)9-14(17-13)16-10-11-6-5-7-18(11)4-2/h8-9,11H,3-7,10H2,1-2H3,(H2,15,16,17). The molecule has 0 spiro atoms. The van der Waals surface area contributed by atoms with E-state index in [9.17, 15) is 10.1 Å². The third-order valence-electron chi connectivity index (χ3n) is 3.80. The largest absolute Gasteiger partial charge is 0.370 e. The van der Waals surface area contributed by atoms with Crippen LogP contribution in [-0.4, -0.2) is 47.0 Å². The maximum atomic E-state index is 11.0. The van der Waals surface area contributed by atoms with Crippen LogP contribution >= 0.6 is 0 Å². The molecule has 1 aromatic rings. The second-order valence-electron chi connectivity index (χ2n) is 5.19. The smallest absolute Gasteiger partial charge is 0.276 e. The Hall–Kier alpha value is -1.89. The highest BCUT2D eigenvalue weighted by Gasteiger charge is 2.22. The van der Waals surface area contributed by atoms with E-state index in [0.717, 1.165) is 26.1 Å². The molecule has 0 amide bonds. The second-order valence-corrected chi connectivity index (χ2v) is 5.19. The Morgan fingerprint density at radius 3 is 2.71 bits per heavy atom. The van der Waals surface area contributed by atoms with Crippen molar-refractivity contribution in [2.24, 2.45) is 0 Å². The SMILES string of the molecule is CCNc1cc([N+](=O)[O-])cc(NCC2CCCN2CC)n1. The molecule has 0 bridgehead atoms. The van der Waals surface area contributed by atoms with Crippen LogP contribution in [0, 0.1) is 10.1 Å². The molecule has 1 atom stereocenters. The summed E-state index contributed by atoms with van der Waals surface area (Å²) in [6, 6.07) is 3.44. The van der Waals surface area contributed by atoms with E-state index >= 15 is 0 Å². The van der Waals surface area contributed by atoms with Gasteiger partial charge in [0.15, 0.2) is 0 Å². The number of hydrogen-bond donors (Lipinski definition) is 2. The summed E-state index contributed by atoms with van der Waals surface area (Å²) >= 11 is 0. The zero-order valence-electron chi connectivity index (χ0n) is 12.6. The minimum absolute atomic E-state index is 0.0576. The van der Waals surface area contributed by atoms with Crippen molar-refractivity contribution in [3.05, 3.63) is 22.2 Å². The van der Waals surface area contributed by atoms with Crippen LogP contribution < -0.4 is 10.6 Å². The first-order chi connectivity index (χ1) is 10.1. The summed E-state index contributed by atoms with van der Waals surface area (Å²) in [4.78, 5) is 17.4. The lowest BCUT2D eigenvalue weighted by Gasteiger charge is -2.23. The number of nitrogens with zero attached hydrogens (tertiary/aromatic N) is 3. The summed E-state index contributed by atoms with van der Waals surface area (Å²) in [6.45, 7) is 7.72. The van der Waals surface area contributed by atoms with Crippen LogP contribution in [0.25, 0.3) is 0 Å². The fourth-order valence-electron chi connectivity index (χ4n) is 2.75. The first kappa shape index (κ1) is 15.5. The Kier molecular flexibility index (Phi) is 5.32. The van der Waals surface area contributed by atoms with Gasteiger partial charge in [-0.25, -0.2) is 4.98 Å². The van der Waals surface area contributed by atoms with Crippen molar-refractivity contribution in [1.82, 2.24) is 9.88 Å². The highest BCUT2D eigenvalue weighted by Crippen LogP contribution is 2.22. The molecular formula is C14H23N5O2. The van der Waals surface area contributed by atoms with Gasteiger partial charge in [-0.15, -0.1) is 0 Å². The number of nitro groups is 1. The van der Waals surface area contributed by atoms with Gasteiger partial charge in [-0.1, -0.05) is 6.92 Å². The molecule has 1 aromatic heterocycles. The van der Waals surface area contributed by atoms with Crippen LogP contribution in [0.4, 0.5) is 17.3 Å². The van der Waals surface area contributed by atoms with Gasteiger partial charge in [-0.05, 0) is 32.9 Å². The number of likely N-dealkylation sites (tertiary alicyclic amines) is 1. The van der Waals surface area contributed by atoms with Crippen LogP contribution in [0.3, 0.4) is 0 Å². The Bertz CT molecular complexity index is 494. The summed E-state index contributed by atoms with van der Waals surface area (Å²) in [6.07, 6.45) is 2.38. The summed E-state index contributed by atoms with van der Waals surface area (Å²) in [5, 5.41) is 17.3. The molecule has 0 aromatic carbocycles. The molecule has 2 N–H and O–H groups in total. The van der Waals surface area contributed by atoms with Gasteiger partial charge >= 0.3 is 0 Å². The van der Waals surface area contributed by atoms with E-state index in [4.69, 9.17) is 0 Å². The fraction of sp³-hybridized carbons (Fsp3) is 0.643. The van der Waals surface area contributed by atoms with E-state index in [-0.39, 0.29) is 10.6 Å². The molecular weight excluding hydrogens is 270 g/mol. The van der Waals surface area contributed by atoms with Crippen molar-refractivity contribution in [3.63, 3.8) is 0 Å². The third kappa shape index (κ3) is 4.04. The van der Waals surface area contributed by atoms with Crippen LogP contribution in [0.15, 0.2) is 12.1 Å². The van der Waals surface area contributed by atoms with E-state index < -0.39 is 0 Å². The van der Waals surface area contributed by atoms with Gasteiger partial charge in [-0.3, -0.25) is 15.0 Å². The Morgan fingerprint density at radius 2 is 2.10 bits per heavy atom. The second kappa shape index (κ2) is 7.21. The number of aromatic nitrogens is 1. The molecule has 7 heteroatoms. The molecule has 1 saturated heterocycles. The molecule has 1 fully saturated rings. The Balaban J connectivity index is 2.06. The molecule has 0 aliphatic carbocycles. The number of pyridine rings is 1. The van der Waals surface area contributed by atoms with Crippen molar-refractivity contribution in [2.75, 3.05) is 36.8 Å². The van der Waals surface area contributed by atoms with Gasteiger partial charge < -0.3 is 10.6 Å². The van der Waals surface area contributed by atoms with Crippen LogP contribution in [0.5, 0.6) is 0 Å². The van der Waals surface area contributed by atoms with E-state index in [1.807, 2.05) is 6.92 Å². The molecule has 2 rings (SSSR count). The first-order valence-corrected chi connectivity index (χ1v) is 7.52. The molecule has 21 heavy (non-hydrogen) atoms. The maximum absolute atomic E-state index is 11.0. The number of likely N-dealkylation sites (N-methyl/N-ethyl adjacent to an activating group) is 1. The summed E-state index contributed by atoms with van der Waals surface area (Å²) in [5.41, 5.74) is 0.0576. The van der Waals surface area contributed by atoms with Crippen LogP contribution in [0.1, 0.15) is 26.7 Å². The minimum Gasteiger partial charge on any atom is -0.370 e. The quantitative estimate of drug-likeness (QED) is 0.593. The Morgan fingerprint density at radius 1 is 1.38 bits per heavy atom. The molecule has 1 unspecified atom stereocenters. The molecule has 1 aliphatic rings. The van der Waals surface area contributed by atoms with E-state index in [1.54, 1.807) is 0 Å². The molecule has 0 radical (unpaired) electrons. The monoisotopic (exact) mass is 293 g/mol. The van der Waals surface area contributed by atoms with Gasteiger partial charge in [0.05, 0.1) is 17.1 Å². The zero-order valence-corrected chi connectivity index (χ0v) is 12.6. The highest BCUT2D eigenvalue weighted by molar-refractivity contribution is 5.54. The first-order valence-electron chi connectivity index (χ1n) is 7.52. The summed E-state index contributed by atoms with van der Waals surface area (Å²) in [5.74, 6) is 1.09. The normalized spacial score (nSPS) is 18.7. The average molecular weight is 293 g/mol. The van der Waals surface area contributed by atoms with Crippen LogP contribution in [0.2, 0.25) is 0 Å². The predicted octanol–water partition coefficient (Wildman–Crippen LogP) is 2.32. The topological polar surface area (TPSA) is 83.3 Å². The van der Waals surface area contributed by atoms with E-state index in [0.29, 0.717) is 24.2 Å².